The van der Waals surface area contributed by atoms with Gasteiger partial charge in [-0.2, -0.15) is 0 Å². The molecule has 0 unspecified atom stereocenters. The van der Waals surface area contributed by atoms with Crippen molar-refractivity contribution in [2.45, 2.75) is 0 Å². The van der Waals surface area contributed by atoms with Crippen molar-refractivity contribution >= 4 is 11.9 Å². The second-order valence-electron chi connectivity index (χ2n) is 1.87. The topological polar surface area (TPSA) is 58.6 Å². The van der Waals surface area contributed by atoms with Crippen LogP contribution >= 0.6 is 0 Å². The highest BCUT2D eigenvalue weighted by Gasteiger charge is 1.90. The van der Waals surface area contributed by atoms with Gasteiger partial charge in [-0.05, 0) is 6.07 Å². The lowest BCUT2D eigenvalue weighted by Crippen LogP contribution is -1.91. The first kappa shape index (κ1) is 6.61. The number of oxime groups is 1. The molecule has 1 aromatic rings. The summed E-state index contributed by atoms with van der Waals surface area (Å²) in [6, 6.07) is 7.17. The highest BCUT2D eigenvalue weighted by molar-refractivity contribution is 5.86. The van der Waals surface area contributed by atoms with Gasteiger partial charge in [-0.1, -0.05) is 23.4 Å². The number of hydrogen-bond acceptors (Lipinski definition) is 3. The number of para-hydroxylation sites is 1. The Morgan fingerprint density at radius 1 is 1.40 bits per heavy atom. The molecule has 3 heteroatoms. The number of rotatable bonds is 1. The molecule has 0 fully saturated rings. The predicted octanol–water partition coefficient (Wildman–Crippen LogP) is 1.08. The first-order valence-electron chi connectivity index (χ1n) is 2.86. The zero-order chi connectivity index (χ0) is 7.40. The van der Waals surface area contributed by atoms with Crippen molar-refractivity contribution in [1.82, 2.24) is 0 Å². The molecule has 1 rings (SSSR count). The summed E-state index contributed by atoms with van der Waals surface area (Å²) in [5.41, 5.74) is 6.84. The zero-order valence-corrected chi connectivity index (χ0v) is 5.36. The van der Waals surface area contributed by atoms with E-state index in [2.05, 4.69) is 5.16 Å². The summed E-state index contributed by atoms with van der Waals surface area (Å²) in [5.74, 6) is 0. The molecule has 0 amide bonds. The van der Waals surface area contributed by atoms with Crippen LogP contribution in [0.15, 0.2) is 29.4 Å². The summed E-state index contributed by atoms with van der Waals surface area (Å²) in [6.07, 6.45) is 1.30. The zero-order valence-electron chi connectivity index (χ0n) is 5.36. The second kappa shape index (κ2) is 2.87. The number of nitrogen functional groups attached to an aromatic ring is 1. The third-order valence-corrected chi connectivity index (χ3v) is 1.19. The van der Waals surface area contributed by atoms with Crippen LogP contribution < -0.4 is 5.73 Å². The monoisotopic (exact) mass is 136 g/mol. The Morgan fingerprint density at radius 3 is 2.70 bits per heavy atom. The molecule has 10 heavy (non-hydrogen) atoms. The fourth-order valence-corrected chi connectivity index (χ4v) is 0.691. The van der Waals surface area contributed by atoms with E-state index >= 15 is 0 Å². The van der Waals surface area contributed by atoms with Crippen molar-refractivity contribution in [2.24, 2.45) is 5.16 Å². The average molecular weight is 136 g/mol. The predicted molar refractivity (Wildman–Crippen MR) is 40.2 cm³/mol. The maximum absolute atomic E-state index is 8.16. The summed E-state index contributed by atoms with van der Waals surface area (Å²) in [5, 5.41) is 11.0. The molecular formula is C7H8N2O. The molecule has 0 saturated heterocycles. The van der Waals surface area contributed by atoms with Crippen molar-refractivity contribution in [3.05, 3.63) is 29.8 Å². The van der Waals surface area contributed by atoms with E-state index in [1.54, 1.807) is 12.1 Å². The quantitative estimate of drug-likeness (QED) is 0.262. The minimum absolute atomic E-state index is 0.611. The van der Waals surface area contributed by atoms with E-state index in [9.17, 15) is 0 Å². The number of nitrogens with zero attached hydrogens (tertiary/aromatic N) is 1. The van der Waals surface area contributed by atoms with Gasteiger partial charge in [0.05, 0.1) is 6.21 Å². The summed E-state index contributed by atoms with van der Waals surface area (Å²) in [7, 11) is 0. The Balaban J connectivity index is 3.03. The van der Waals surface area contributed by atoms with Crippen LogP contribution in [-0.4, -0.2) is 11.4 Å². The van der Waals surface area contributed by atoms with Gasteiger partial charge >= 0.3 is 0 Å². The third kappa shape index (κ3) is 1.25. The van der Waals surface area contributed by atoms with Crippen LogP contribution in [0.1, 0.15) is 5.56 Å². The molecule has 0 aliphatic heterocycles. The highest BCUT2D eigenvalue weighted by Crippen LogP contribution is 2.06. The van der Waals surface area contributed by atoms with Crippen LogP contribution in [-0.2, 0) is 0 Å². The average Bonchev–Trinajstić information content (AvgIpc) is 1.94. The normalized spacial score (nSPS) is 10.4. The van der Waals surface area contributed by atoms with E-state index in [0.29, 0.717) is 5.69 Å². The van der Waals surface area contributed by atoms with E-state index in [1.165, 1.54) is 6.21 Å². The summed E-state index contributed by atoms with van der Waals surface area (Å²) in [4.78, 5) is 0. The van der Waals surface area contributed by atoms with E-state index in [1.807, 2.05) is 12.1 Å². The first-order valence-corrected chi connectivity index (χ1v) is 2.86. The molecule has 0 spiro atoms. The van der Waals surface area contributed by atoms with Gasteiger partial charge in [0.15, 0.2) is 0 Å². The molecule has 1 aromatic carbocycles. The van der Waals surface area contributed by atoms with Gasteiger partial charge in [-0.25, -0.2) is 0 Å². The van der Waals surface area contributed by atoms with Crippen molar-refractivity contribution < 1.29 is 5.21 Å². The largest absolute Gasteiger partial charge is 0.411 e. The first-order chi connectivity index (χ1) is 4.84. The molecule has 0 radical (unpaired) electrons. The number of benzene rings is 1. The minimum Gasteiger partial charge on any atom is -0.411 e. The summed E-state index contributed by atoms with van der Waals surface area (Å²) < 4.78 is 0. The third-order valence-electron chi connectivity index (χ3n) is 1.19. The van der Waals surface area contributed by atoms with E-state index in [0.717, 1.165) is 5.56 Å². The second-order valence-corrected chi connectivity index (χ2v) is 1.87. The van der Waals surface area contributed by atoms with Crippen LogP contribution in [0.4, 0.5) is 5.69 Å². The van der Waals surface area contributed by atoms with Gasteiger partial charge in [-0.3, -0.25) is 0 Å². The number of hydrogen-bond donors (Lipinski definition) is 2. The fraction of sp³-hybridized carbons (Fsp3) is 0. The van der Waals surface area contributed by atoms with Gasteiger partial charge in [0.1, 0.15) is 0 Å². The van der Waals surface area contributed by atoms with Gasteiger partial charge in [0, 0.05) is 11.3 Å². The van der Waals surface area contributed by atoms with Crippen LogP contribution in [0.25, 0.3) is 0 Å². The minimum atomic E-state index is 0.611. The Bertz CT molecular complexity index is 245. The molecule has 0 aromatic heterocycles. The molecule has 52 valence electrons. The molecule has 0 saturated carbocycles. The lowest BCUT2D eigenvalue weighted by molar-refractivity contribution is 0.322. The summed E-state index contributed by atoms with van der Waals surface area (Å²) in [6.45, 7) is 0. The number of anilines is 1. The van der Waals surface area contributed by atoms with Crippen LogP contribution in [0.5, 0.6) is 0 Å². The van der Waals surface area contributed by atoms with E-state index < -0.39 is 0 Å². The van der Waals surface area contributed by atoms with Crippen LogP contribution in [0.3, 0.4) is 0 Å². The van der Waals surface area contributed by atoms with Gasteiger partial charge in [-0.15, -0.1) is 0 Å². The lowest BCUT2D eigenvalue weighted by atomic mass is 10.2. The smallest absolute Gasteiger partial charge is 0.0754 e. The standard InChI is InChI=1S/C7H8N2O/c8-7-4-2-1-3-6(7)5-9-10/h1-5,10H,8H2. The Hall–Kier alpha value is -1.51. The number of nitrogens with two attached hydrogens (primary N) is 1. The van der Waals surface area contributed by atoms with Crippen LogP contribution in [0, 0.1) is 0 Å². The van der Waals surface area contributed by atoms with Crippen molar-refractivity contribution in [3.63, 3.8) is 0 Å². The van der Waals surface area contributed by atoms with Crippen molar-refractivity contribution in [3.8, 4) is 0 Å². The maximum atomic E-state index is 8.16. The molecule has 0 heterocycles. The van der Waals surface area contributed by atoms with E-state index in [4.69, 9.17) is 10.9 Å². The molecule has 0 aliphatic carbocycles. The van der Waals surface area contributed by atoms with Crippen molar-refractivity contribution in [1.29, 1.82) is 0 Å². The highest BCUT2D eigenvalue weighted by atomic mass is 16.4. The van der Waals surface area contributed by atoms with E-state index in [-0.39, 0.29) is 0 Å². The fourth-order valence-electron chi connectivity index (χ4n) is 0.691. The van der Waals surface area contributed by atoms with Crippen LogP contribution in [0.2, 0.25) is 0 Å². The van der Waals surface area contributed by atoms with Crippen molar-refractivity contribution in [2.75, 3.05) is 5.73 Å². The summed E-state index contributed by atoms with van der Waals surface area (Å²) >= 11 is 0. The Labute approximate surface area is 58.8 Å². The molecule has 0 atom stereocenters. The molecule has 0 aliphatic rings. The SMILES string of the molecule is Nc1ccccc1C=NO. The van der Waals surface area contributed by atoms with Gasteiger partial charge in [0.2, 0.25) is 0 Å². The molecule has 3 N–H and O–H groups in total. The molecule has 3 nitrogen and oxygen atoms in total. The lowest BCUT2D eigenvalue weighted by Gasteiger charge is -1.94. The molecule has 0 bridgehead atoms. The van der Waals surface area contributed by atoms with Gasteiger partial charge in [0.25, 0.3) is 0 Å². The molecular weight excluding hydrogens is 128 g/mol. The Morgan fingerprint density at radius 2 is 2.10 bits per heavy atom. The van der Waals surface area contributed by atoms with Gasteiger partial charge < -0.3 is 10.9 Å². The Kier molecular flexibility index (Phi) is 1.89. The maximum Gasteiger partial charge on any atom is 0.0754 e.